The zero-order valence-corrected chi connectivity index (χ0v) is 13.9. The van der Waals surface area contributed by atoms with E-state index < -0.39 is 14.9 Å². The minimum absolute atomic E-state index is 0.130. The molecule has 0 aliphatic rings. The van der Waals surface area contributed by atoms with Gasteiger partial charge in [0, 0.05) is 17.6 Å². The topological polar surface area (TPSA) is 101 Å². The average Bonchev–Trinajstić information content (AvgIpc) is 2.86. The normalized spacial score (nSPS) is 11.1. The molecule has 0 amide bonds. The van der Waals surface area contributed by atoms with E-state index in [0.717, 1.165) is 17.4 Å². The highest BCUT2D eigenvalue weighted by Crippen LogP contribution is 2.37. The van der Waals surface area contributed by atoms with E-state index in [-0.39, 0.29) is 14.9 Å². The van der Waals surface area contributed by atoms with Crippen molar-refractivity contribution in [1.82, 2.24) is 0 Å². The summed E-state index contributed by atoms with van der Waals surface area (Å²) < 4.78 is 27.4. The molecule has 0 saturated heterocycles. The SMILES string of the molecule is CNc1sc(S(=O)(=O)Nc2ccccc2Br)cc1[N+](=O)[O-]. The van der Waals surface area contributed by atoms with Crippen LogP contribution in [0.4, 0.5) is 16.4 Å². The number of rotatable bonds is 5. The molecular formula is C11H10BrN3O4S2. The molecular weight excluding hydrogens is 382 g/mol. The van der Waals surface area contributed by atoms with Gasteiger partial charge in [0.1, 0.15) is 4.21 Å². The lowest BCUT2D eigenvalue weighted by atomic mass is 10.3. The Bertz CT molecular complexity index is 789. The Morgan fingerprint density at radius 1 is 1.33 bits per heavy atom. The Kier molecular flexibility index (Phi) is 4.49. The van der Waals surface area contributed by atoms with Gasteiger partial charge in [-0.3, -0.25) is 14.8 Å². The number of benzene rings is 1. The first-order valence-electron chi connectivity index (χ1n) is 5.58. The number of nitrogens with zero attached hydrogens (tertiary/aromatic N) is 1. The maximum absolute atomic E-state index is 12.3. The highest BCUT2D eigenvalue weighted by atomic mass is 79.9. The van der Waals surface area contributed by atoms with Crippen molar-refractivity contribution in [2.45, 2.75) is 4.21 Å². The van der Waals surface area contributed by atoms with Gasteiger partial charge >= 0.3 is 5.69 Å². The molecule has 0 radical (unpaired) electrons. The molecule has 10 heteroatoms. The van der Waals surface area contributed by atoms with Crippen molar-refractivity contribution >= 4 is 53.7 Å². The van der Waals surface area contributed by atoms with Gasteiger partial charge in [-0.05, 0) is 28.1 Å². The zero-order chi connectivity index (χ0) is 15.6. The van der Waals surface area contributed by atoms with Gasteiger partial charge in [0.05, 0.1) is 10.6 Å². The molecule has 0 bridgehead atoms. The summed E-state index contributed by atoms with van der Waals surface area (Å²) >= 11 is 4.04. The summed E-state index contributed by atoms with van der Waals surface area (Å²) in [6.07, 6.45) is 0. The highest BCUT2D eigenvalue weighted by molar-refractivity contribution is 9.10. The van der Waals surface area contributed by atoms with Crippen LogP contribution in [0.25, 0.3) is 0 Å². The van der Waals surface area contributed by atoms with E-state index >= 15 is 0 Å². The van der Waals surface area contributed by atoms with E-state index in [4.69, 9.17) is 0 Å². The van der Waals surface area contributed by atoms with E-state index in [1.807, 2.05) is 0 Å². The number of halogens is 1. The summed E-state index contributed by atoms with van der Waals surface area (Å²) in [5.41, 5.74) is 0.0922. The minimum Gasteiger partial charge on any atom is -0.374 e. The third-order valence-corrected chi connectivity index (χ3v) is 6.17. The van der Waals surface area contributed by atoms with Crippen LogP contribution < -0.4 is 10.0 Å². The molecule has 0 unspecified atom stereocenters. The molecule has 0 aliphatic carbocycles. The molecule has 1 aromatic heterocycles. The quantitative estimate of drug-likeness (QED) is 0.601. The second kappa shape index (κ2) is 6.00. The largest absolute Gasteiger partial charge is 0.374 e. The maximum atomic E-state index is 12.3. The summed E-state index contributed by atoms with van der Waals surface area (Å²) in [4.78, 5) is 10.3. The van der Waals surface area contributed by atoms with Gasteiger partial charge in [0.15, 0.2) is 5.00 Å². The number of thiophene rings is 1. The van der Waals surface area contributed by atoms with Crippen molar-refractivity contribution in [3.63, 3.8) is 0 Å². The Morgan fingerprint density at radius 3 is 2.52 bits per heavy atom. The average molecular weight is 392 g/mol. The fraction of sp³-hybridized carbons (Fsp3) is 0.0909. The van der Waals surface area contributed by atoms with Crippen LogP contribution >= 0.6 is 27.3 Å². The molecule has 1 heterocycles. The van der Waals surface area contributed by atoms with Crippen molar-refractivity contribution in [1.29, 1.82) is 0 Å². The molecule has 0 fully saturated rings. The molecule has 7 nitrogen and oxygen atoms in total. The number of sulfonamides is 1. The number of nitrogens with one attached hydrogen (secondary N) is 2. The van der Waals surface area contributed by atoms with E-state index in [0.29, 0.717) is 10.2 Å². The van der Waals surface area contributed by atoms with Crippen molar-refractivity contribution in [2.24, 2.45) is 0 Å². The van der Waals surface area contributed by atoms with Crippen molar-refractivity contribution in [3.05, 3.63) is 44.9 Å². The van der Waals surface area contributed by atoms with Crippen LogP contribution in [-0.2, 0) is 10.0 Å². The van der Waals surface area contributed by atoms with Crippen LogP contribution in [0.2, 0.25) is 0 Å². The van der Waals surface area contributed by atoms with E-state index in [1.165, 1.54) is 7.05 Å². The number of hydrogen-bond acceptors (Lipinski definition) is 6. The second-order valence-corrected chi connectivity index (χ2v) is 7.69. The first-order valence-corrected chi connectivity index (χ1v) is 8.67. The molecule has 21 heavy (non-hydrogen) atoms. The number of nitro groups is 1. The molecule has 2 N–H and O–H groups in total. The molecule has 0 aliphatic heterocycles. The van der Waals surface area contributed by atoms with Crippen LogP contribution in [0.1, 0.15) is 0 Å². The summed E-state index contributed by atoms with van der Waals surface area (Å²) in [5, 5.41) is 13.7. The van der Waals surface area contributed by atoms with Crippen LogP contribution in [0.15, 0.2) is 39.0 Å². The lowest BCUT2D eigenvalue weighted by molar-refractivity contribution is -0.383. The van der Waals surface area contributed by atoms with Crippen molar-refractivity contribution in [2.75, 3.05) is 17.1 Å². The molecule has 112 valence electrons. The van der Waals surface area contributed by atoms with Crippen molar-refractivity contribution in [3.8, 4) is 0 Å². The van der Waals surface area contributed by atoms with Crippen molar-refractivity contribution < 1.29 is 13.3 Å². The zero-order valence-electron chi connectivity index (χ0n) is 10.7. The van der Waals surface area contributed by atoms with Crippen LogP contribution in [-0.4, -0.2) is 20.4 Å². The fourth-order valence-corrected chi connectivity index (χ4v) is 4.42. The van der Waals surface area contributed by atoms with Gasteiger partial charge in [-0.25, -0.2) is 8.42 Å². The summed E-state index contributed by atoms with van der Waals surface area (Å²) in [6.45, 7) is 0. The van der Waals surface area contributed by atoms with Crippen LogP contribution in [0.5, 0.6) is 0 Å². The Labute approximate surface area is 133 Å². The van der Waals surface area contributed by atoms with Gasteiger partial charge in [0.25, 0.3) is 10.0 Å². The Balaban J connectivity index is 2.41. The van der Waals surface area contributed by atoms with Gasteiger partial charge < -0.3 is 5.32 Å². The first-order chi connectivity index (χ1) is 9.85. The number of anilines is 2. The number of hydrogen-bond donors (Lipinski definition) is 2. The predicted octanol–water partition coefficient (Wildman–Crippen LogP) is 3.26. The van der Waals surface area contributed by atoms with Crippen LogP contribution in [0.3, 0.4) is 0 Å². The van der Waals surface area contributed by atoms with Gasteiger partial charge in [-0.1, -0.05) is 23.5 Å². The van der Waals surface area contributed by atoms with Crippen LogP contribution in [0, 0.1) is 10.1 Å². The van der Waals surface area contributed by atoms with Gasteiger partial charge in [-0.2, -0.15) is 0 Å². The predicted molar refractivity (Wildman–Crippen MR) is 85.5 cm³/mol. The third kappa shape index (κ3) is 3.34. The minimum atomic E-state index is -3.89. The Hall–Kier alpha value is -1.65. The molecule has 0 atom stereocenters. The lowest BCUT2D eigenvalue weighted by Crippen LogP contribution is -2.11. The molecule has 2 rings (SSSR count). The standard InChI is InChI=1S/C11H10BrN3O4S2/c1-13-11-9(15(16)17)6-10(20-11)21(18,19)14-8-5-3-2-4-7(8)12/h2-6,13-14H,1H3. The smallest absolute Gasteiger partial charge is 0.304 e. The second-order valence-electron chi connectivity index (χ2n) is 3.87. The third-order valence-electron chi connectivity index (χ3n) is 2.50. The maximum Gasteiger partial charge on any atom is 0.304 e. The molecule has 1 aromatic carbocycles. The lowest BCUT2D eigenvalue weighted by Gasteiger charge is -2.07. The summed E-state index contributed by atoms with van der Waals surface area (Å²) in [6, 6.07) is 7.74. The van der Waals surface area contributed by atoms with E-state index in [2.05, 4.69) is 26.0 Å². The van der Waals surface area contributed by atoms with Gasteiger partial charge in [-0.15, -0.1) is 0 Å². The number of para-hydroxylation sites is 1. The highest BCUT2D eigenvalue weighted by Gasteiger charge is 2.26. The first kappa shape index (κ1) is 15.7. The summed E-state index contributed by atoms with van der Waals surface area (Å²) in [7, 11) is -2.39. The monoisotopic (exact) mass is 391 g/mol. The molecule has 2 aromatic rings. The molecule has 0 saturated carbocycles. The Morgan fingerprint density at radius 2 is 2.00 bits per heavy atom. The molecule has 0 spiro atoms. The fourth-order valence-electron chi connectivity index (χ4n) is 1.55. The van der Waals surface area contributed by atoms with E-state index in [1.54, 1.807) is 24.3 Å². The summed E-state index contributed by atoms with van der Waals surface area (Å²) in [5.74, 6) is 0. The van der Waals surface area contributed by atoms with Gasteiger partial charge in [0.2, 0.25) is 0 Å². The van der Waals surface area contributed by atoms with E-state index in [9.17, 15) is 18.5 Å².